The van der Waals surface area contributed by atoms with E-state index in [9.17, 15) is 5.21 Å². The van der Waals surface area contributed by atoms with Crippen molar-refractivity contribution in [3.8, 4) is 11.5 Å². The molecule has 1 fully saturated rings. The molecule has 1 aromatic carbocycles. The fourth-order valence-corrected chi connectivity index (χ4v) is 5.30. The fourth-order valence-electron chi connectivity index (χ4n) is 4.23. The van der Waals surface area contributed by atoms with E-state index >= 15 is 0 Å². The molecule has 0 spiro atoms. The normalized spacial score (nSPS) is 22.1. The zero-order valence-electron chi connectivity index (χ0n) is 19.9. The lowest BCUT2D eigenvalue weighted by molar-refractivity contribution is -0.154. The number of hydrogen-bond acceptors (Lipinski definition) is 8. The van der Waals surface area contributed by atoms with Crippen molar-refractivity contribution in [2.24, 2.45) is 4.99 Å². The second-order valence-electron chi connectivity index (χ2n) is 8.65. The van der Waals surface area contributed by atoms with Crippen LogP contribution in [-0.4, -0.2) is 70.8 Å². The number of ether oxygens (including phenoxy) is 2. The highest BCUT2D eigenvalue weighted by atomic mass is 32.2. The number of unbranched alkanes of at least 4 members (excludes halogenated alkanes) is 6. The molecule has 0 saturated carbocycles. The lowest BCUT2D eigenvalue weighted by Gasteiger charge is -2.39. The van der Waals surface area contributed by atoms with Gasteiger partial charge >= 0.3 is 0 Å². The van der Waals surface area contributed by atoms with Gasteiger partial charge in [0.15, 0.2) is 0 Å². The summed E-state index contributed by atoms with van der Waals surface area (Å²) in [6.07, 6.45) is 10.0. The maximum Gasteiger partial charge on any atom is 0.139 e. The van der Waals surface area contributed by atoms with Crippen LogP contribution >= 0.6 is 12.1 Å². The highest BCUT2D eigenvalue weighted by molar-refractivity contribution is 7.94. The Morgan fingerprint density at radius 3 is 2.50 bits per heavy atom. The third-order valence-corrected chi connectivity index (χ3v) is 6.99. The van der Waals surface area contributed by atoms with Gasteiger partial charge in [-0.1, -0.05) is 39.0 Å². The molecule has 32 heavy (non-hydrogen) atoms. The van der Waals surface area contributed by atoms with Crippen LogP contribution in [0.2, 0.25) is 0 Å². The Labute approximate surface area is 198 Å². The summed E-state index contributed by atoms with van der Waals surface area (Å²) in [5.74, 6) is 1.73. The second kappa shape index (κ2) is 13.4. The van der Waals surface area contributed by atoms with Gasteiger partial charge in [0.25, 0.3) is 0 Å². The largest absolute Gasteiger partial charge is 0.497 e. The quantitative estimate of drug-likeness (QED) is 0.299. The number of benzene rings is 1. The molecule has 0 radical (unpaired) electrons. The van der Waals surface area contributed by atoms with Crippen molar-refractivity contribution in [2.45, 2.75) is 77.0 Å². The molecule has 3 rings (SSSR count). The van der Waals surface area contributed by atoms with Crippen LogP contribution in [0.4, 0.5) is 0 Å². The molecule has 0 aromatic heterocycles. The first-order valence-electron chi connectivity index (χ1n) is 12.1. The standard InChI is InChI=1S/C24H40N4O3S/c1-4-5-6-9-12-23-25-22-19-26(2)32-27(24(22)28(23)29)17-10-7-8-11-18-31-21-15-13-20(30-3)14-16-21/h13-16,23-24,29H,4-12,17-19H2,1-3H3. The molecule has 2 aliphatic heterocycles. The van der Waals surface area contributed by atoms with E-state index in [-0.39, 0.29) is 12.3 Å². The van der Waals surface area contributed by atoms with Gasteiger partial charge < -0.3 is 14.7 Å². The smallest absolute Gasteiger partial charge is 0.139 e. The molecule has 2 aliphatic rings. The van der Waals surface area contributed by atoms with Crippen molar-refractivity contribution in [3.05, 3.63) is 24.3 Å². The molecular weight excluding hydrogens is 424 g/mol. The van der Waals surface area contributed by atoms with E-state index in [1.807, 2.05) is 24.3 Å². The van der Waals surface area contributed by atoms with Gasteiger partial charge in [-0.2, -0.15) is 0 Å². The van der Waals surface area contributed by atoms with E-state index in [1.165, 1.54) is 24.3 Å². The molecule has 0 aliphatic carbocycles. The predicted molar refractivity (Wildman–Crippen MR) is 131 cm³/mol. The molecule has 8 heteroatoms. The van der Waals surface area contributed by atoms with Crippen molar-refractivity contribution in [3.63, 3.8) is 0 Å². The maximum atomic E-state index is 10.8. The van der Waals surface area contributed by atoms with Crippen LogP contribution < -0.4 is 9.47 Å². The number of fused-ring (bicyclic) bond motifs is 1. The molecule has 2 unspecified atom stereocenters. The Morgan fingerprint density at radius 2 is 1.75 bits per heavy atom. The Balaban J connectivity index is 1.34. The average Bonchev–Trinajstić information content (AvgIpc) is 3.11. The zero-order chi connectivity index (χ0) is 22.8. The van der Waals surface area contributed by atoms with Crippen LogP contribution in [0.1, 0.15) is 64.7 Å². The number of aliphatic imine (C=N–C) groups is 1. The number of hydrogen-bond donors (Lipinski definition) is 1. The van der Waals surface area contributed by atoms with Gasteiger partial charge in [-0.05, 0) is 57.0 Å². The summed E-state index contributed by atoms with van der Waals surface area (Å²) in [6.45, 7) is 4.72. The average molecular weight is 465 g/mol. The van der Waals surface area contributed by atoms with Gasteiger partial charge in [-0.15, -0.1) is 5.06 Å². The summed E-state index contributed by atoms with van der Waals surface area (Å²) in [5, 5.41) is 12.3. The molecule has 1 N–H and O–H groups in total. The monoisotopic (exact) mass is 464 g/mol. The zero-order valence-corrected chi connectivity index (χ0v) is 20.7. The van der Waals surface area contributed by atoms with Crippen LogP contribution in [0, 0.1) is 0 Å². The van der Waals surface area contributed by atoms with E-state index in [1.54, 1.807) is 19.2 Å². The Kier molecular flexibility index (Phi) is 10.6. The first-order valence-corrected chi connectivity index (χ1v) is 12.8. The Bertz CT molecular complexity index is 703. The molecule has 7 nitrogen and oxygen atoms in total. The predicted octanol–water partition coefficient (Wildman–Crippen LogP) is 5.21. The highest BCUT2D eigenvalue weighted by Crippen LogP contribution is 2.33. The van der Waals surface area contributed by atoms with Crippen LogP contribution in [0.25, 0.3) is 0 Å². The summed E-state index contributed by atoms with van der Waals surface area (Å²) in [7, 11) is 3.77. The molecule has 1 saturated heterocycles. The van der Waals surface area contributed by atoms with Gasteiger partial charge in [0.05, 0.1) is 26.0 Å². The Morgan fingerprint density at radius 1 is 1.03 bits per heavy atom. The van der Waals surface area contributed by atoms with Crippen molar-refractivity contribution in [1.29, 1.82) is 0 Å². The first kappa shape index (κ1) is 25.3. The van der Waals surface area contributed by atoms with Gasteiger partial charge in [0.1, 0.15) is 23.8 Å². The van der Waals surface area contributed by atoms with Crippen LogP contribution in [-0.2, 0) is 0 Å². The van der Waals surface area contributed by atoms with Crippen molar-refractivity contribution < 1.29 is 14.7 Å². The third kappa shape index (κ3) is 7.35. The second-order valence-corrected chi connectivity index (χ2v) is 9.91. The fraction of sp³-hybridized carbons (Fsp3) is 0.708. The van der Waals surface area contributed by atoms with E-state index in [0.717, 1.165) is 75.4 Å². The van der Waals surface area contributed by atoms with Crippen molar-refractivity contribution >= 4 is 17.8 Å². The van der Waals surface area contributed by atoms with Crippen LogP contribution in [0.15, 0.2) is 29.3 Å². The molecule has 0 bridgehead atoms. The van der Waals surface area contributed by atoms with Gasteiger partial charge in [0, 0.05) is 18.7 Å². The van der Waals surface area contributed by atoms with Gasteiger partial charge in [-0.25, -0.2) is 8.61 Å². The SMILES string of the molecule is CCCCCCC1N=C2CN(C)SN(CCCCCCOc3ccc(OC)cc3)C2N1O. The van der Waals surface area contributed by atoms with Gasteiger partial charge in [0.2, 0.25) is 0 Å². The maximum absolute atomic E-state index is 10.8. The summed E-state index contributed by atoms with van der Waals surface area (Å²) in [6, 6.07) is 7.73. The summed E-state index contributed by atoms with van der Waals surface area (Å²) < 4.78 is 15.5. The lowest BCUT2D eigenvalue weighted by atomic mass is 10.1. The van der Waals surface area contributed by atoms with Crippen molar-refractivity contribution in [1.82, 2.24) is 13.7 Å². The minimum absolute atomic E-state index is 0.0780. The van der Waals surface area contributed by atoms with Crippen LogP contribution in [0.5, 0.6) is 11.5 Å². The minimum Gasteiger partial charge on any atom is -0.497 e. The number of hydroxylamine groups is 2. The summed E-state index contributed by atoms with van der Waals surface area (Å²) in [5.41, 5.74) is 1.10. The topological polar surface area (TPSA) is 60.8 Å². The molecule has 2 heterocycles. The number of methoxy groups -OCH3 is 1. The van der Waals surface area contributed by atoms with E-state index < -0.39 is 0 Å². The first-order chi connectivity index (χ1) is 15.6. The molecular formula is C24H40N4O3S. The summed E-state index contributed by atoms with van der Waals surface area (Å²) in [4.78, 5) is 4.87. The molecule has 1 aromatic rings. The lowest BCUT2D eigenvalue weighted by Crippen LogP contribution is -2.53. The van der Waals surface area contributed by atoms with Crippen LogP contribution in [0.3, 0.4) is 0 Å². The van der Waals surface area contributed by atoms with Gasteiger partial charge in [-0.3, -0.25) is 4.99 Å². The molecule has 180 valence electrons. The van der Waals surface area contributed by atoms with E-state index in [4.69, 9.17) is 14.5 Å². The molecule has 0 amide bonds. The minimum atomic E-state index is -0.0865. The molecule has 2 atom stereocenters. The van der Waals surface area contributed by atoms with E-state index in [0.29, 0.717) is 0 Å². The summed E-state index contributed by atoms with van der Waals surface area (Å²) >= 11 is 1.72. The third-order valence-electron chi connectivity index (χ3n) is 5.99. The Hall–Kier alpha value is -1.32. The number of rotatable bonds is 14. The number of nitrogens with zero attached hydrogens (tertiary/aromatic N) is 4. The highest BCUT2D eigenvalue weighted by Gasteiger charge is 2.43. The van der Waals surface area contributed by atoms with Crippen molar-refractivity contribution in [2.75, 3.05) is 33.9 Å². The van der Waals surface area contributed by atoms with E-state index in [2.05, 4.69) is 22.6 Å².